The normalized spacial score (nSPS) is 23.1. The molecule has 1 aliphatic carbocycles. The summed E-state index contributed by atoms with van der Waals surface area (Å²) in [5.41, 5.74) is 1.39. The maximum absolute atomic E-state index is 11.9. The standard InChI is InChI=1S/C19H23N7O3/c27-10-13-2-1-5-25(13)16-7-15(20-8-11-3-4-11)26-17(23-16)12(9-21-26)6-14-18(28)24-19(29)22-14/h6-7,9,11,13,20,27H,1-5,8,10H2,(H2,22,24,28,29)/b14-6-/t13-/m0/s1. The highest BCUT2D eigenvalue weighted by Gasteiger charge is 2.28. The van der Waals surface area contributed by atoms with E-state index in [9.17, 15) is 14.7 Å². The number of nitrogens with one attached hydrogen (secondary N) is 3. The Labute approximate surface area is 167 Å². The maximum Gasteiger partial charge on any atom is 0.326 e. The second-order valence-electron chi connectivity index (χ2n) is 7.80. The summed E-state index contributed by atoms with van der Waals surface area (Å²) in [5.74, 6) is 1.81. The minimum absolute atomic E-state index is 0.0471. The van der Waals surface area contributed by atoms with E-state index in [1.807, 2.05) is 6.07 Å². The average molecular weight is 397 g/mol. The lowest BCUT2D eigenvalue weighted by atomic mass is 10.2. The smallest absolute Gasteiger partial charge is 0.326 e. The molecule has 0 bridgehead atoms. The average Bonchev–Trinajstić information content (AvgIpc) is 3.11. The summed E-state index contributed by atoms with van der Waals surface area (Å²) in [7, 11) is 0. The monoisotopic (exact) mass is 397 g/mol. The van der Waals surface area contributed by atoms with Crippen LogP contribution in [0, 0.1) is 5.92 Å². The second-order valence-corrected chi connectivity index (χ2v) is 7.80. The van der Waals surface area contributed by atoms with Crippen LogP contribution in [0.1, 0.15) is 31.2 Å². The number of hydrogen-bond donors (Lipinski definition) is 4. The third-order valence-corrected chi connectivity index (χ3v) is 5.66. The van der Waals surface area contributed by atoms with Gasteiger partial charge in [0.1, 0.15) is 17.3 Å². The minimum Gasteiger partial charge on any atom is -0.394 e. The lowest BCUT2D eigenvalue weighted by molar-refractivity contribution is -0.115. The quantitative estimate of drug-likeness (QED) is 0.418. The van der Waals surface area contributed by atoms with E-state index in [0.717, 1.165) is 37.6 Å². The van der Waals surface area contributed by atoms with Gasteiger partial charge in [0.05, 0.1) is 18.8 Å². The van der Waals surface area contributed by atoms with Gasteiger partial charge in [-0.05, 0) is 37.7 Å². The van der Waals surface area contributed by atoms with Crippen LogP contribution in [0.4, 0.5) is 16.4 Å². The molecule has 2 saturated heterocycles. The fourth-order valence-electron chi connectivity index (χ4n) is 3.88. The van der Waals surface area contributed by atoms with E-state index >= 15 is 0 Å². The molecule has 2 aromatic rings. The van der Waals surface area contributed by atoms with Crippen molar-refractivity contribution in [3.63, 3.8) is 0 Å². The van der Waals surface area contributed by atoms with Crippen LogP contribution < -0.4 is 20.9 Å². The number of aliphatic hydroxyl groups is 1. The highest BCUT2D eigenvalue weighted by atomic mass is 16.3. The van der Waals surface area contributed by atoms with Crippen molar-refractivity contribution in [1.82, 2.24) is 25.2 Å². The number of amides is 3. The van der Waals surface area contributed by atoms with Crippen LogP contribution in [0.2, 0.25) is 0 Å². The van der Waals surface area contributed by atoms with E-state index in [1.54, 1.807) is 16.8 Å². The molecule has 2 aromatic heterocycles. The molecular weight excluding hydrogens is 374 g/mol. The number of aromatic nitrogens is 3. The third-order valence-electron chi connectivity index (χ3n) is 5.66. The molecule has 1 saturated carbocycles. The van der Waals surface area contributed by atoms with Gasteiger partial charge in [0.2, 0.25) is 0 Å². The summed E-state index contributed by atoms with van der Waals surface area (Å²) < 4.78 is 1.72. The molecular formula is C19H23N7O3. The molecule has 0 aromatic carbocycles. The summed E-state index contributed by atoms with van der Waals surface area (Å²) in [4.78, 5) is 30.2. The van der Waals surface area contributed by atoms with E-state index in [4.69, 9.17) is 4.98 Å². The Morgan fingerprint density at radius 1 is 1.28 bits per heavy atom. The van der Waals surface area contributed by atoms with Gasteiger partial charge >= 0.3 is 6.03 Å². The van der Waals surface area contributed by atoms with Crippen LogP contribution in [-0.4, -0.2) is 57.4 Å². The van der Waals surface area contributed by atoms with Crippen LogP contribution in [0.5, 0.6) is 0 Å². The molecule has 10 heteroatoms. The van der Waals surface area contributed by atoms with Gasteiger partial charge in [0.15, 0.2) is 5.65 Å². The van der Waals surface area contributed by atoms with Crippen molar-refractivity contribution in [2.45, 2.75) is 31.7 Å². The molecule has 1 atom stereocenters. The van der Waals surface area contributed by atoms with Gasteiger partial charge in [-0.1, -0.05) is 0 Å². The first-order valence-corrected chi connectivity index (χ1v) is 9.96. The minimum atomic E-state index is -0.541. The number of imide groups is 1. The molecule has 3 fully saturated rings. The number of urea groups is 1. The molecule has 4 N–H and O–H groups in total. The molecule has 3 amide bonds. The zero-order chi connectivity index (χ0) is 20.0. The van der Waals surface area contributed by atoms with Gasteiger partial charge in [-0.2, -0.15) is 9.61 Å². The lowest BCUT2D eigenvalue weighted by Crippen LogP contribution is -2.33. The Morgan fingerprint density at radius 3 is 2.86 bits per heavy atom. The highest BCUT2D eigenvalue weighted by Crippen LogP contribution is 2.31. The van der Waals surface area contributed by atoms with Crippen molar-refractivity contribution >= 4 is 35.3 Å². The molecule has 29 heavy (non-hydrogen) atoms. The summed E-state index contributed by atoms with van der Waals surface area (Å²) in [6, 6.07) is 1.48. The number of fused-ring (bicyclic) bond motifs is 1. The first-order valence-electron chi connectivity index (χ1n) is 9.96. The fourth-order valence-corrected chi connectivity index (χ4v) is 3.88. The predicted molar refractivity (Wildman–Crippen MR) is 106 cm³/mol. The molecule has 152 valence electrons. The molecule has 0 radical (unpaired) electrons. The number of rotatable bonds is 6. The summed E-state index contributed by atoms with van der Waals surface area (Å²) in [5, 5.41) is 22.3. The van der Waals surface area contributed by atoms with E-state index in [0.29, 0.717) is 17.1 Å². The summed E-state index contributed by atoms with van der Waals surface area (Å²) in [6.07, 6.45) is 7.61. The van der Waals surface area contributed by atoms with Crippen molar-refractivity contribution in [2.24, 2.45) is 5.92 Å². The van der Waals surface area contributed by atoms with Crippen molar-refractivity contribution in [3.05, 3.63) is 23.5 Å². The zero-order valence-corrected chi connectivity index (χ0v) is 15.9. The molecule has 5 rings (SSSR count). The second kappa shape index (κ2) is 7.03. The summed E-state index contributed by atoms with van der Waals surface area (Å²) >= 11 is 0. The first kappa shape index (κ1) is 17.9. The molecule has 2 aliphatic heterocycles. The molecule has 4 heterocycles. The van der Waals surface area contributed by atoms with Crippen molar-refractivity contribution < 1.29 is 14.7 Å². The number of nitrogens with zero attached hydrogens (tertiary/aromatic N) is 4. The molecule has 10 nitrogen and oxygen atoms in total. The molecule has 0 spiro atoms. The predicted octanol–water partition coefficient (Wildman–Crippen LogP) is 0.693. The number of carbonyl (C=O) groups is 2. The van der Waals surface area contributed by atoms with Gasteiger partial charge in [-0.3, -0.25) is 10.1 Å². The van der Waals surface area contributed by atoms with E-state index in [1.165, 1.54) is 12.8 Å². The Bertz CT molecular complexity index is 1010. The molecule has 0 unspecified atom stereocenters. The molecule has 3 aliphatic rings. The zero-order valence-electron chi connectivity index (χ0n) is 15.9. The van der Waals surface area contributed by atoms with E-state index in [2.05, 4.69) is 25.9 Å². The maximum atomic E-state index is 11.9. The van der Waals surface area contributed by atoms with Gasteiger partial charge < -0.3 is 20.6 Å². The van der Waals surface area contributed by atoms with Crippen molar-refractivity contribution in [3.8, 4) is 0 Å². The van der Waals surface area contributed by atoms with E-state index in [-0.39, 0.29) is 18.3 Å². The summed E-state index contributed by atoms with van der Waals surface area (Å²) in [6.45, 7) is 1.79. The van der Waals surface area contributed by atoms with Crippen molar-refractivity contribution in [2.75, 3.05) is 29.9 Å². The van der Waals surface area contributed by atoms with Crippen molar-refractivity contribution in [1.29, 1.82) is 0 Å². The first-order chi connectivity index (χ1) is 14.1. The lowest BCUT2D eigenvalue weighted by Gasteiger charge is -2.25. The number of anilines is 2. The van der Waals surface area contributed by atoms with Gasteiger partial charge in [0, 0.05) is 24.7 Å². The number of aliphatic hydroxyl groups excluding tert-OH is 1. The Balaban J connectivity index is 1.57. The van der Waals surface area contributed by atoms with Gasteiger partial charge in [0.25, 0.3) is 5.91 Å². The topological polar surface area (TPSA) is 124 Å². The number of hydrogen-bond acceptors (Lipinski definition) is 7. The van der Waals surface area contributed by atoms with Crippen LogP contribution >= 0.6 is 0 Å². The third kappa shape index (κ3) is 3.39. The Hall–Kier alpha value is -3.14. The fraction of sp³-hybridized carbons (Fsp3) is 0.474. The van der Waals surface area contributed by atoms with Gasteiger partial charge in [-0.15, -0.1) is 0 Å². The van der Waals surface area contributed by atoms with Crippen LogP contribution in [0.3, 0.4) is 0 Å². The largest absolute Gasteiger partial charge is 0.394 e. The van der Waals surface area contributed by atoms with Gasteiger partial charge in [-0.25, -0.2) is 9.78 Å². The Kier molecular flexibility index (Phi) is 4.35. The van der Waals surface area contributed by atoms with Crippen LogP contribution in [0.15, 0.2) is 18.0 Å². The Morgan fingerprint density at radius 2 is 2.14 bits per heavy atom. The van der Waals surface area contributed by atoms with Crippen LogP contribution in [-0.2, 0) is 4.79 Å². The van der Waals surface area contributed by atoms with E-state index < -0.39 is 11.9 Å². The van der Waals surface area contributed by atoms with Crippen LogP contribution in [0.25, 0.3) is 11.7 Å². The number of carbonyl (C=O) groups excluding carboxylic acids is 2. The highest BCUT2D eigenvalue weighted by molar-refractivity contribution is 6.14. The SMILES string of the molecule is O=C1NC(=O)/C(=C/c2cnn3c(NCC4CC4)cc(N4CCC[C@H]4CO)nc23)N1.